The van der Waals surface area contributed by atoms with Gasteiger partial charge >= 0.3 is 7.12 Å². The number of unbranched alkanes of at least 4 members (excludes halogenated alkanes) is 3. The largest absolute Gasteiger partial charge is 0.479 e. The Morgan fingerprint density at radius 2 is 1.90 bits per heavy atom. The maximum Gasteiger partial charge on any atom is 0.479 e. The average molecular weight is 433 g/mol. The van der Waals surface area contributed by atoms with Crippen molar-refractivity contribution in [3.8, 4) is 0 Å². The van der Waals surface area contributed by atoms with Gasteiger partial charge in [0.15, 0.2) is 0 Å². The lowest BCUT2D eigenvalue weighted by Crippen LogP contribution is -2.65. The molecule has 0 aromatic heterocycles. The van der Waals surface area contributed by atoms with Gasteiger partial charge < -0.3 is 14.0 Å². The predicted molar refractivity (Wildman–Crippen MR) is 124 cm³/mol. The molecule has 3 aliphatic carbocycles. The fraction of sp³-hybridized carbons (Fsp3) is 0.760. The highest BCUT2D eigenvalue weighted by atomic mass is 35.5. The van der Waals surface area contributed by atoms with E-state index >= 15 is 0 Å². The first kappa shape index (κ1) is 22.6. The third kappa shape index (κ3) is 4.22. The summed E-state index contributed by atoms with van der Waals surface area (Å²) in [5, 5.41) is -0.293. The van der Waals surface area contributed by atoms with Crippen molar-refractivity contribution in [1.82, 2.24) is 0 Å². The van der Waals surface area contributed by atoms with E-state index in [0.717, 1.165) is 25.2 Å². The van der Waals surface area contributed by atoms with Crippen LogP contribution in [0.5, 0.6) is 0 Å². The van der Waals surface area contributed by atoms with E-state index in [9.17, 15) is 0 Å². The van der Waals surface area contributed by atoms with Crippen LogP contribution in [0.2, 0.25) is 0 Å². The minimum atomic E-state index is -0.385. The fourth-order valence-corrected chi connectivity index (χ4v) is 6.40. The molecule has 3 saturated carbocycles. The predicted octanol–water partition coefficient (Wildman–Crippen LogP) is 6.42. The molecule has 6 atom stereocenters. The second kappa shape index (κ2) is 9.14. The topological polar surface area (TPSA) is 27.7 Å². The Bertz CT molecular complexity index is 699. The molecule has 1 aliphatic heterocycles. The van der Waals surface area contributed by atoms with Crippen LogP contribution in [0.1, 0.15) is 78.2 Å². The van der Waals surface area contributed by atoms with E-state index in [1.807, 2.05) is 6.07 Å². The summed E-state index contributed by atoms with van der Waals surface area (Å²) in [5.74, 6) is 1.30. The van der Waals surface area contributed by atoms with E-state index in [0.29, 0.717) is 17.9 Å². The lowest BCUT2D eigenvalue weighted by molar-refractivity contribution is -0.199. The smallest absolute Gasteiger partial charge is 0.404 e. The highest BCUT2D eigenvalue weighted by molar-refractivity contribution is 6.60. The molecule has 3 nitrogen and oxygen atoms in total. The van der Waals surface area contributed by atoms with E-state index in [4.69, 9.17) is 25.6 Å². The summed E-state index contributed by atoms with van der Waals surface area (Å²) in [7, 11) is -0.385. The Hall–Kier alpha value is -0.545. The molecule has 30 heavy (non-hydrogen) atoms. The summed E-state index contributed by atoms with van der Waals surface area (Å²) in [6.45, 7) is 9.85. The van der Waals surface area contributed by atoms with E-state index in [1.165, 1.54) is 31.2 Å². The van der Waals surface area contributed by atoms with Crippen molar-refractivity contribution in [3.05, 3.63) is 35.9 Å². The van der Waals surface area contributed by atoms with Gasteiger partial charge in [-0.05, 0) is 49.0 Å². The van der Waals surface area contributed by atoms with Gasteiger partial charge in [0.25, 0.3) is 0 Å². The lowest BCUT2D eigenvalue weighted by Gasteiger charge is -2.64. The van der Waals surface area contributed by atoms with Crippen molar-refractivity contribution in [2.75, 3.05) is 0 Å². The SMILES string of the molecule is CCCCCC[C@H](OCc1ccccc1)[C@@H](Cl)B1O[C@@H]2C[C@@H]3C[C@@H](C3(C)C)[C@]2(C)O1. The van der Waals surface area contributed by atoms with Gasteiger partial charge in [0.1, 0.15) is 0 Å². The van der Waals surface area contributed by atoms with Gasteiger partial charge in [-0.25, -0.2) is 0 Å². The van der Waals surface area contributed by atoms with Gasteiger partial charge in [0.2, 0.25) is 0 Å². The van der Waals surface area contributed by atoms with Gasteiger partial charge in [-0.1, -0.05) is 76.8 Å². The zero-order chi connectivity index (χ0) is 21.4. The maximum atomic E-state index is 7.02. The molecule has 0 amide bonds. The Morgan fingerprint density at radius 3 is 2.60 bits per heavy atom. The van der Waals surface area contributed by atoms with Gasteiger partial charge in [-0.2, -0.15) is 0 Å². The summed E-state index contributed by atoms with van der Waals surface area (Å²) in [6, 6.07) is 10.3. The summed E-state index contributed by atoms with van der Waals surface area (Å²) in [5.41, 5.74) is 1.30. The molecule has 5 rings (SSSR count). The van der Waals surface area contributed by atoms with Crippen molar-refractivity contribution in [1.29, 1.82) is 0 Å². The molecule has 5 heteroatoms. The number of ether oxygens (including phenoxy) is 1. The second-order valence-electron chi connectivity index (χ2n) is 10.5. The van der Waals surface area contributed by atoms with Crippen LogP contribution in [0, 0.1) is 17.3 Å². The highest BCUT2D eigenvalue weighted by Crippen LogP contribution is 2.65. The van der Waals surface area contributed by atoms with Crippen molar-refractivity contribution >= 4 is 18.7 Å². The van der Waals surface area contributed by atoms with Gasteiger partial charge in [-0.3, -0.25) is 0 Å². The number of alkyl halides is 1. The van der Waals surface area contributed by atoms with Crippen molar-refractivity contribution < 1.29 is 14.0 Å². The molecule has 0 radical (unpaired) electrons. The van der Waals surface area contributed by atoms with E-state index in [1.54, 1.807) is 0 Å². The monoisotopic (exact) mass is 432 g/mol. The molecular formula is C25H38BClO3. The molecule has 1 aromatic carbocycles. The van der Waals surface area contributed by atoms with Crippen LogP contribution < -0.4 is 0 Å². The van der Waals surface area contributed by atoms with E-state index < -0.39 is 0 Å². The summed E-state index contributed by atoms with van der Waals surface area (Å²) >= 11 is 7.02. The van der Waals surface area contributed by atoms with Gasteiger partial charge in [-0.15, -0.1) is 11.6 Å². The van der Waals surface area contributed by atoms with Crippen molar-refractivity contribution in [2.24, 2.45) is 17.3 Å². The Labute approximate surface area is 188 Å². The average Bonchev–Trinajstić information content (AvgIpc) is 3.10. The van der Waals surface area contributed by atoms with Crippen LogP contribution in [-0.4, -0.2) is 30.2 Å². The molecule has 4 aliphatic rings. The third-order valence-electron chi connectivity index (χ3n) is 8.23. The maximum absolute atomic E-state index is 7.02. The van der Waals surface area contributed by atoms with Crippen molar-refractivity contribution in [2.45, 2.75) is 102 Å². The zero-order valence-corrected chi connectivity index (χ0v) is 19.9. The highest BCUT2D eigenvalue weighted by Gasteiger charge is 2.68. The molecule has 1 saturated heterocycles. The minimum Gasteiger partial charge on any atom is -0.404 e. The van der Waals surface area contributed by atoms with Crippen LogP contribution in [-0.2, 0) is 20.7 Å². The molecule has 0 unspecified atom stereocenters. The van der Waals surface area contributed by atoms with Crippen molar-refractivity contribution in [3.63, 3.8) is 0 Å². The van der Waals surface area contributed by atoms with Crippen LogP contribution >= 0.6 is 11.6 Å². The number of hydrogen-bond donors (Lipinski definition) is 0. The second-order valence-corrected chi connectivity index (χ2v) is 11.0. The standard InChI is InChI=1S/C25H38BClO3/c1-5-6-7-11-14-20(28-17-18-12-9-8-10-13-18)23(27)26-29-22-16-19-15-21(24(19,2)3)25(22,4)30-26/h8-10,12-13,19-23H,5-7,11,14-17H2,1-4H3/t19-,20-,21-,22+,23+,25-/m0/s1. The van der Waals surface area contributed by atoms with Gasteiger partial charge in [0, 0.05) is 0 Å². The zero-order valence-electron chi connectivity index (χ0n) is 19.1. The normalized spacial score (nSPS) is 33.6. The molecule has 0 spiro atoms. The molecule has 166 valence electrons. The summed E-state index contributed by atoms with van der Waals surface area (Å²) in [6.07, 6.45) is 8.22. The lowest BCUT2D eigenvalue weighted by atomic mass is 9.43. The molecule has 2 bridgehead atoms. The Morgan fingerprint density at radius 1 is 1.13 bits per heavy atom. The Kier molecular flexibility index (Phi) is 6.89. The fourth-order valence-electron chi connectivity index (χ4n) is 6.09. The quantitative estimate of drug-likeness (QED) is 0.242. The minimum absolute atomic E-state index is 0.0690. The number of benzene rings is 1. The first-order valence-electron chi connectivity index (χ1n) is 12.0. The van der Waals surface area contributed by atoms with E-state index in [2.05, 4.69) is 52.0 Å². The van der Waals surface area contributed by atoms with Crippen LogP contribution in [0.3, 0.4) is 0 Å². The van der Waals surface area contributed by atoms with Gasteiger partial charge in [0.05, 0.1) is 29.7 Å². The molecule has 1 heterocycles. The van der Waals surface area contributed by atoms with Crippen LogP contribution in [0.25, 0.3) is 0 Å². The summed E-state index contributed by atoms with van der Waals surface area (Å²) in [4.78, 5) is 0. The molecular weight excluding hydrogens is 395 g/mol. The van der Waals surface area contributed by atoms with Crippen LogP contribution in [0.15, 0.2) is 30.3 Å². The number of halogens is 1. The number of hydrogen-bond acceptors (Lipinski definition) is 3. The molecule has 4 fully saturated rings. The summed E-state index contributed by atoms with van der Waals surface area (Å²) < 4.78 is 19.4. The molecule has 1 aromatic rings. The van der Waals surface area contributed by atoms with Crippen LogP contribution in [0.4, 0.5) is 0 Å². The first-order valence-corrected chi connectivity index (χ1v) is 12.4. The molecule has 0 N–H and O–H groups in total. The van der Waals surface area contributed by atoms with E-state index in [-0.39, 0.29) is 30.2 Å². The first-order chi connectivity index (χ1) is 14.4. The Balaban J connectivity index is 1.41. The number of rotatable bonds is 10. The third-order valence-corrected chi connectivity index (χ3v) is 8.72.